The van der Waals surface area contributed by atoms with Gasteiger partial charge in [-0.3, -0.25) is 0 Å². The molecule has 0 unspecified atom stereocenters. The van der Waals surface area contributed by atoms with E-state index in [1.165, 1.54) is 0 Å². The zero-order valence-electron chi connectivity index (χ0n) is 19.9. The van der Waals surface area contributed by atoms with E-state index in [1.807, 2.05) is 72.8 Å². The van der Waals surface area contributed by atoms with Gasteiger partial charge < -0.3 is 25.2 Å². The van der Waals surface area contributed by atoms with Gasteiger partial charge in [0.25, 0.3) is 0 Å². The molecule has 0 atom stereocenters. The highest BCUT2D eigenvalue weighted by atomic mass is 16.5. The highest BCUT2D eigenvalue weighted by Gasteiger charge is 2.05. The number of aliphatic carboxylic acids is 2. The van der Waals surface area contributed by atoms with Crippen LogP contribution in [0.5, 0.6) is 5.75 Å². The smallest absolute Gasteiger partial charge is 0.414 e. The molecule has 0 saturated heterocycles. The Kier molecular flexibility index (Phi) is 11.5. The first-order valence-corrected chi connectivity index (χ1v) is 11.3. The van der Waals surface area contributed by atoms with Crippen molar-refractivity contribution in [2.75, 3.05) is 31.6 Å². The molecule has 0 heterocycles. The van der Waals surface area contributed by atoms with Crippen molar-refractivity contribution in [3.8, 4) is 5.75 Å². The summed E-state index contributed by atoms with van der Waals surface area (Å²) in [7, 11) is 0. The Hall–Kier alpha value is -4.17. The molecule has 0 aliphatic heterocycles. The van der Waals surface area contributed by atoms with E-state index >= 15 is 0 Å². The summed E-state index contributed by atoms with van der Waals surface area (Å²) in [5, 5.41) is 18.2. The van der Waals surface area contributed by atoms with Crippen LogP contribution in [0, 0.1) is 0 Å². The van der Waals surface area contributed by atoms with Gasteiger partial charge in [0.05, 0.1) is 5.69 Å². The van der Waals surface area contributed by atoms with Crippen molar-refractivity contribution in [3.63, 3.8) is 0 Å². The van der Waals surface area contributed by atoms with Crippen LogP contribution in [0.15, 0.2) is 89.9 Å². The number of anilines is 1. The predicted octanol–water partition coefficient (Wildman–Crippen LogP) is 4.75. The number of nitrogens with one attached hydrogen (secondary N) is 1. The molecule has 0 bridgehead atoms. The molecule has 184 valence electrons. The first-order chi connectivity index (χ1) is 16.9. The molecule has 0 spiro atoms. The van der Waals surface area contributed by atoms with Crippen molar-refractivity contribution in [3.05, 3.63) is 90.5 Å². The molecule has 8 nitrogen and oxygen atoms in total. The standard InChI is InChI=1S/C25H29N3O.C2H2O4/c1-3-28(4-2)19-20-29-24-17-15-23(16-18-24)27-25(21-11-7-5-8-12-21)26-22-13-9-6-10-14-22;3-1(4)2(5)6/h5-18H,3-4,19-20H2,1-2H3,(H,26,27);(H,3,4)(H,5,6). The molecule has 0 aromatic heterocycles. The summed E-state index contributed by atoms with van der Waals surface area (Å²) in [4.78, 5) is 25.4. The largest absolute Gasteiger partial charge is 0.492 e. The lowest BCUT2D eigenvalue weighted by molar-refractivity contribution is -0.159. The van der Waals surface area contributed by atoms with Gasteiger partial charge in [0, 0.05) is 17.8 Å². The average molecular weight is 478 g/mol. The van der Waals surface area contributed by atoms with E-state index in [1.54, 1.807) is 0 Å². The fourth-order valence-corrected chi connectivity index (χ4v) is 3.00. The molecule has 0 amide bonds. The van der Waals surface area contributed by atoms with Gasteiger partial charge in [0.2, 0.25) is 0 Å². The van der Waals surface area contributed by atoms with Crippen molar-refractivity contribution in [1.29, 1.82) is 0 Å². The molecule has 0 fully saturated rings. The molecule has 0 radical (unpaired) electrons. The Bertz CT molecular complexity index is 1050. The van der Waals surface area contributed by atoms with Gasteiger partial charge in [0.15, 0.2) is 0 Å². The number of carboxylic acid groups (broad SMARTS) is 2. The van der Waals surface area contributed by atoms with Gasteiger partial charge >= 0.3 is 11.9 Å². The zero-order valence-corrected chi connectivity index (χ0v) is 19.9. The Balaban J connectivity index is 0.000000641. The minimum Gasteiger partial charge on any atom is -0.492 e. The maximum Gasteiger partial charge on any atom is 0.414 e. The monoisotopic (exact) mass is 477 g/mol. The van der Waals surface area contributed by atoms with Crippen molar-refractivity contribution >= 4 is 29.1 Å². The number of hydrogen-bond donors (Lipinski definition) is 3. The normalized spacial score (nSPS) is 10.8. The van der Waals surface area contributed by atoms with E-state index in [-0.39, 0.29) is 0 Å². The number of benzene rings is 3. The van der Waals surface area contributed by atoms with E-state index in [9.17, 15) is 0 Å². The molecule has 3 aromatic rings. The number of likely N-dealkylation sites (N-methyl/N-ethyl adjacent to an activating group) is 1. The van der Waals surface area contributed by atoms with Crippen LogP contribution in [-0.4, -0.2) is 59.1 Å². The second-order valence-corrected chi connectivity index (χ2v) is 7.30. The number of ether oxygens (including phenoxy) is 1. The lowest BCUT2D eigenvalue weighted by Crippen LogP contribution is -2.27. The van der Waals surface area contributed by atoms with Gasteiger partial charge in [-0.05, 0) is 49.5 Å². The van der Waals surface area contributed by atoms with Crippen molar-refractivity contribution < 1.29 is 24.5 Å². The number of amidine groups is 1. The highest BCUT2D eigenvalue weighted by Crippen LogP contribution is 2.20. The second-order valence-electron chi connectivity index (χ2n) is 7.30. The maximum atomic E-state index is 9.10. The van der Waals surface area contributed by atoms with Crippen molar-refractivity contribution in [2.24, 2.45) is 4.99 Å². The maximum absolute atomic E-state index is 9.10. The van der Waals surface area contributed by atoms with E-state index in [0.717, 1.165) is 48.2 Å². The lowest BCUT2D eigenvalue weighted by Gasteiger charge is -2.18. The number of hydrogen-bond acceptors (Lipinski definition) is 5. The molecular weight excluding hydrogens is 446 g/mol. The lowest BCUT2D eigenvalue weighted by atomic mass is 10.2. The molecule has 3 N–H and O–H groups in total. The van der Waals surface area contributed by atoms with E-state index < -0.39 is 11.9 Å². The molecule has 0 aliphatic rings. The Labute approximate surface area is 205 Å². The SMILES string of the molecule is CCN(CC)CCOc1ccc(N=C(Nc2ccccc2)c2ccccc2)cc1.O=C(O)C(=O)O. The van der Waals surface area contributed by atoms with Gasteiger partial charge in [-0.15, -0.1) is 0 Å². The third-order valence-corrected chi connectivity index (χ3v) is 4.92. The van der Waals surface area contributed by atoms with Crippen LogP contribution in [0.1, 0.15) is 19.4 Å². The summed E-state index contributed by atoms with van der Waals surface area (Å²) < 4.78 is 5.87. The van der Waals surface area contributed by atoms with Crippen LogP contribution in [0.2, 0.25) is 0 Å². The Morgan fingerprint density at radius 3 is 1.89 bits per heavy atom. The predicted molar refractivity (Wildman–Crippen MR) is 138 cm³/mol. The number of carbonyl (C=O) groups is 2. The number of aliphatic imine (C=N–C) groups is 1. The minimum atomic E-state index is -1.82. The molecule has 0 saturated carbocycles. The van der Waals surface area contributed by atoms with E-state index in [4.69, 9.17) is 29.5 Å². The molecule has 35 heavy (non-hydrogen) atoms. The summed E-state index contributed by atoms with van der Waals surface area (Å²) in [5.74, 6) is -1.97. The summed E-state index contributed by atoms with van der Waals surface area (Å²) in [6.07, 6.45) is 0. The van der Waals surface area contributed by atoms with Gasteiger partial charge in [-0.1, -0.05) is 62.4 Å². The average Bonchev–Trinajstić information content (AvgIpc) is 2.88. The van der Waals surface area contributed by atoms with Crippen LogP contribution in [-0.2, 0) is 9.59 Å². The van der Waals surface area contributed by atoms with E-state index in [0.29, 0.717) is 6.61 Å². The highest BCUT2D eigenvalue weighted by molar-refractivity contribution is 6.27. The van der Waals surface area contributed by atoms with Gasteiger partial charge in [0.1, 0.15) is 18.2 Å². The minimum absolute atomic E-state index is 0.690. The van der Waals surface area contributed by atoms with Crippen LogP contribution >= 0.6 is 0 Å². The Morgan fingerprint density at radius 1 is 0.829 bits per heavy atom. The second kappa shape index (κ2) is 14.9. The Morgan fingerprint density at radius 2 is 1.37 bits per heavy atom. The van der Waals surface area contributed by atoms with Crippen LogP contribution in [0.25, 0.3) is 0 Å². The van der Waals surface area contributed by atoms with Gasteiger partial charge in [-0.25, -0.2) is 14.6 Å². The third kappa shape index (κ3) is 10.1. The number of para-hydroxylation sites is 1. The number of nitrogens with zero attached hydrogens (tertiary/aromatic N) is 2. The van der Waals surface area contributed by atoms with Gasteiger partial charge in [-0.2, -0.15) is 0 Å². The topological polar surface area (TPSA) is 111 Å². The molecule has 3 aromatic carbocycles. The molecular formula is C27H31N3O5. The van der Waals surface area contributed by atoms with Crippen molar-refractivity contribution in [1.82, 2.24) is 4.90 Å². The molecule has 0 aliphatic carbocycles. The van der Waals surface area contributed by atoms with Crippen LogP contribution in [0.3, 0.4) is 0 Å². The zero-order chi connectivity index (χ0) is 25.5. The third-order valence-electron chi connectivity index (χ3n) is 4.92. The number of rotatable bonds is 9. The summed E-state index contributed by atoms with van der Waals surface area (Å²) in [6, 6.07) is 28.2. The first kappa shape index (κ1) is 27.1. The van der Waals surface area contributed by atoms with E-state index in [2.05, 4.69) is 36.2 Å². The summed E-state index contributed by atoms with van der Waals surface area (Å²) in [6.45, 7) is 8.06. The van der Waals surface area contributed by atoms with Crippen molar-refractivity contribution in [2.45, 2.75) is 13.8 Å². The van der Waals surface area contributed by atoms with Crippen LogP contribution in [0.4, 0.5) is 11.4 Å². The fraction of sp³-hybridized carbons (Fsp3) is 0.222. The fourth-order valence-electron chi connectivity index (χ4n) is 3.00. The number of carboxylic acids is 2. The summed E-state index contributed by atoms with van der Waals surface area (Å²) >= 11 is 0. The molecule has 3 rings (SSSR count). The summed E-state index contributed by atoms with van der Waals surface area (Å²) in [5.41, 5.74) is 2.92. The van der Waals surface area contributed by atoms with Crippen LogP contribution < -0.4 is 10.1 Å². The first-order valence-electron chi connectivity index (χ1n) is 11.3. The molecule has 8 heteroatoms. The quantitative estimate of drug-likeness (QED) is 0.232.